The number of benzene rings is 2. The van der Waals surface area contributed by atoms with Crippen molar-refractivity contribution in [2.75, 3.05) is 18.2 Å². The summed E-state index contributed by atoms with van der Waals surface area (Å²) in [6, 6.07) is 8.09. The molecule has 0 atom stereocenters. The molecular formula is C13H12F2N2O. The molecule has 0 aromatic heterocycles. The second-order valence-electron chi connectivity index (χ2n) is 3.71. The number of nitrogens with one attached hydrogen (secondary N) is 1. The summed E-state index contributed by atoms with van der Waals surface area (Å²) >= 11 is 0. The molecule has 0 aliphatic heterocycles. The number of methoxy groups -OCH3 is 1. The van der Waals surface area contributed by atoms with Gasteiger partial charge in [-0.25, -0.2) is 8.78 Å². The second-order valence-corrected chi connectivity index (χ2v) is 3.71. The second kappa shape index (κ2) is 4.91. The molecular weight excluding hydrogens is 238 g/mol. The Morgan fingerprint density at radius 1 is 1.11 bits per heavy atom. The molecule has 2 aromatic carbocycles. The summed E-state index contributed by atoms with van der Waals surface area (Å²) in [6.07, 6.45) is 0. The lowest BCUT2D eigenvalue weighted by Gasteiger charge is -2.10. The van der Waals surface area contributed by atoms with Crippen molar-refractivity contribution < 1.29 is 13.5 Å². The first kappa shape index (κ1) is 12.2. The van der Waals surface area contributed by atoms with Crippen molar-refractivity contribution in [2.45, 2.75) is 0 Å². The SMILES string of the molecule is COc1cc(Nc2cc(F)ccc2F)ccc1N. The predicted octanol–water partition coefficient (Wildman–Crippen LogP) is 3.30. The van der Waals surface area contributed by atoms with Gasteiger partial charge in [-0.15, -0.1) is 0 Å². The minimum atomic E-state index is -0.535. The molecule has 0 radical (unpaired) electrons. The van der Waals surface area contributed by atoms with Gasteiger partial charge in [0.2, 0.25) is 0 Å². The van der Waals surface area contributed by atoms with Gasteiger partial charge in [-0.05, 0) is 24.3 Å². The van der Waals surface area contributed by atoms with Gasteiger partial charge < -0.3 is 15.8 Å². The highest BCUT2D eigenvalue weighted by molar-refractivity contribution is 5.67. The van der Waals surface area contributed by atoms with Crippen LogP contribution in [0.15, 0.2) is 36.4 Å². The largest absolute Gasteiger partial charge is 0.495 e. The zero-order chi connectivity index (χ0) is 13.1. The van der Waals surface area contributed by atoms with Crippen LogP contribution < -0.4 is 15.8 Å². The third-order valence-electron chi connectivity index (χ3n) is 2.44. The Morgan fingerprint density at radius 3 is 2.61 bits per heavy atom. The van der Waals surface area contributed by atoms with Gasteiger partial charge in [-0.2, -0.15) is 0 Å². The first-order chi connectivity index (χ1) is 8.60. The molecule has 0 saturated carbocycles. The Balaban J connectivity index is 2.31. The fraction of sp³-hybridized carbons (Fsp3) is 0.0769. The van der Waals surface area contributed by atoms with Gasteiger partial charge >= 0.3 is 0 Å². The third-order valence-corrected chi connectivity index (χ3v) is 2.44. The van der Waals surface area contributed by atoms with E-state index >= 15 is 0 Å². The minimum Gasteiger partial charge on any atom is -0.495 e. The lowest BCUT2D eigenvalue weighted by Crippen LogP contribution is -1.97. The quantitative estimate of drug-likeness (QED) is 0.822. The van der Waals surface area contributed by atoms with E-state index in [0.717, 1.165) is 18.2 Å². The topological polar surface area (TPSA) is 47.3 Å². The van der Waals surface area contributed by atoms with Crippen molar-refractivity contribution in [3.63, 3.8) is 0 Å². The summed E-state index contributed by atoms with van der Waals surface area (Å²) in [5.74, 6) is -0.578. The molecule has 0 aliphatic rings. The lowest BCUT2D eigenvalue weighted by molar-refractivity contribution is 0.417. The molecule has 94 valence electrons. The molecule has 0 bridgehead atoms. The van der Waals surface area contributed by atoms with Crippen LogP contribution in [-0.4, -0.2) is 7.11 Å². The Kier molecular flexibility index (Phi) is 3.32. The minimum absolute atomic E-state index is 0.0572. The predicted molar refractivity (Wildman–Crippen MR) is 67.0 cm³/mol. The maximum Gasteiger partial charge on any atom is 0.146 e. The smallest absolute Gasteiger partial charge is 0.146 e. The highest BCUT2D eigenvalue weighted by atomic mass is 19.1. The van der Waals surface area contributed by atoms with Crippen LogP contribution >= 0.6 is 0 Å². The van der Waals surface area contributed by atoms with Crippen LogP contribution in [0.4, 0.5) is 25.8 Å². The lowest BCUT2D eigenvalue weighted by atomic mass is 10.2. The van der Waals surface area contributed by atoms with Crippen molar-refractivity contribution in [3.8, 4) is 5.75 Å². The third kappa shape index (κ3) is 2.51. The van der Waals surface area contributed by atoms with Gasteiger partial charge in [0, 0.05) is 17.8 Å². The van der Waals surface area contributed by atoms with Gasteiger partial charge in [0.15, 0.2) is 0 Å². The Morgan fingerprint density at radius 2 is 1.89 bits per heavy atom. The Labute approximate surface area is 103 Å². The number of hydrogen-bond donors (Lipinski definition) is 2. The molecule has 0 fully saturated rings. The molecule has 3 N–H and O–H groups in total. The summed E-state index contributed by atoms with van der Waals surface area (Å²) in [5, 5.41) is 2.76. The number of hydrogen-bond acceptors (Lipinski definition) is 3. The van der Waals surface area contributed by atoms with Crippen molar-refractivity contribution in [1.82, 2.24) is 0 Å². The highest BCUT2D eigenvalue weighted by Gasteiger charge is 2.06. The van der Waals surface area contributed by atoms with Gasteiger partial charge in [0.25, 0.3) is 0 Å². The number of halogens is 2. The maximum atomic E-state index is 13.4. The zero-order valence-electron chi connectivity index (χ0n) is 9.71. The molecule has 2 rings (SSSR count). The average Bonchev–Trinajstić information content (AvgIpc) is 2.36. The summed E-state index contributed by atoms with van der Waals surface area (Å²) in [6.45, 7) is 0. The van der Waals surface area contributed by atoms with Gasteiger partial charge in [-0.3, -0.25) is 0 Å². The van der Waals surface area contributed by atoms with Crippen molar-refractivity contribution in [1.29, 1.82) is 0 Å². The fourth-order valence-corrected chi connectivity index (χ4v) is 1.54. The molecule has 2 aromatic rings. The van der Waals surface area contributed by atoms with E-state index in [2.05, 4.69) is 5.32 Å². The molecule has 0 saturated heterocycles. The Hall–Kier alpha value is -2.30. The average molecular weight is 250 g/mol. The summed E-state index contributed by atoms with van der Waals surface area (Å²) in [7, 11) is 1.48. The highest BCUT2D eigenvalue weighted by Crippen LogP contribution is 2.28. The van der Waals surface area contributed by atoms with Crippen LogP contribution in [0.5, 0.6) is 5.75 Å². The molecule has 5 heteroatoms. The van der Waals surface area contributed by atoms with E-state index in [4.69, 9.17) is 10.5 Å². The number of rotatable bonds is 3. The monoisotopic (exact) mass is 250 g/mol. The van der Waals surface area contributed by atoms with Crippen LogP contribution in [0.1, 0.15) is 0 Å². The molecule has 0 amide bonds. The van der Waals surface area contributed by atoms with Crippen molar-refractivity contribution in [2.24, 2.45) is 0 Å². The molecule has 0 spiro atoms. The van der Waals surface area contributed by atoms with Gasteiger partial charge in [0.05, 0.1) is 18.5 Å². The van der Waals surface area contributed by atoms with E-state index in [1.54, 1.807) is 18.2 Å². The van der Waals surface area contributed by atoms with E-state index in [0.29, 0.717) is 17.1 Å². The summed E-state index contributed by atoms with van der Waals surface area (Å²) < 4.78 is 31.5. The standard InChI is InChI=1S/C13H12F2N2O/c1-18-13-7-9(3-5-11(13)16)17-12-6-8(14)2-4-10(12)15/h2-7,17H,16H2,1H3. The molecule has 3 nitrogen and oxygen atoms in total. The van der Waals surface area contributed by atoms with E-state index < -0.39 is 11.6 Å². The van der Waals surface area contributed by atoms with Gasteiger partial charge in [-0.1, -0.05) is 0 Å². The number of anilines is 3. The number of ether oxygens (including phenoxy) is 1. The van der Waals surface area contributed by atoms with E-state index in [9.17, 15) is 8.78 Å². The van der Waals surface area contributed by atoms with Crippen LogP contribution in [0.3, 0.4) is 0 Å². The number of nitrogen functional groups attached to an aromatic ring is 1. The van der Waals surface area contributed by atoms with E-state index in [1.807, 2.05) is 0 Å². The van der Waals surface area contributed by atoms with Crippen molar-refractivity contribution in [3.05, 3.63) is 48.0 Å². The summed E-state index contributed by atoms with van der Waals surface area (Å²) in [4.78, 5) is 0. The Bertz CT molecular complexity index is 573. The molecule has 0 heterocycles. The van der Waals surface area contributed by atoms with Crippen molar-refractivity contribution >= 4 is 17.1 Å². The van der Waals surface area contributed by atoms with E-state index in [-0.39, 0.29) is 5.69 Å². The normalized spacial score (nSPS) is 10.2. The van der Waals surface area contributed by atoms with E-state index in [1.165, 1.54) is 7.11 Å². The maximum absolute atomic E-state index is 13.4. The summed E-state index contributed by atoms with van der Waals surface area (Å²) in [5.41, 5.74) is 6.75. The zero-order valence-corrected chi connectivity index (χ0v) is 9.71. The van der Waals surface area contributed by atoms with Crippen LogP contribution in [0.2, 0.25) is 0 Å². The first-order valence-electron chi connectivity index (χ1n) is 5.26. The fourth-order valence-electron chi connectivity index (χ4n) is 1.54. The van der Waals surface area contributed by atoms with Crippen LogP contribution in [0, 0.1) is 11.6 Å². The van der Waals surface area contributed by atoms with Crippen LogP contribution in [-0.2, 0) is 0 Å². The van der Waals surface area contributed by atoms with Gasteiger partial charge in [0.1, 0.15) is 17.4 Å². The van der Waals surface area contributed by atoms with Crippen LogP contribution in [0.25, 0.3) is 0 Å². The number of nitrogens with two attached hydrogens (primary N) is 1. The molecule has 18 heavy (non-hydrogen) atoms. The molecule has 0 unspecified atom stereocenters. The molecule has 0 aliphatic carbocycles. The first-order valence-corrected chi connectivity index (χ1v) is 5.26.